The fourth-order valence-corrected chi connectivity index (χ4v) is 2.17. The summed E-state index contributed by atoms with van der Waals surface area (Å²) >= 11 is 0. The molecule has 1 atom stereocenters. The van der Waals surface area contributed by atoms with E-state index >= 15 is 0 Å². The van der Waals surface area contributed by atoms with Gasteiger partial charge in [-0.05, 0) is 36.8 Å². The smallest absolute Gasteiger partial charge is 0.261 e. The number of rotatable bonds is 5. The molecule has 0 saturated heterocycles. The summed E-state index contributed by atoms with van der Waals surface area (Å²) in [4.78, 5) is 12.1. The number of para-hydroxylation sites is 1. The van der Waals surface area contributed by atoms with E-state index < -0.39 is 11.9 Å². The summed E-state index contributed by atoms with van der Waals surface area (Å²) in [6, 6.07) is 11.4. The standard InChI is InChI=1S/C17H16FNO4/c1-11(23-14-5-3-2-4-13(14)18)17(20)19-9-12-6-7-15-16(8-12)22-10-21-15/h2-8,11H,9-10H2,1H3,(H,19,20)/t11-/m0/s1. The van der Waals surface area contributed by atoms with E-state index in [1.807, 2.05) is 12.1 Å². The van der Waals surface area contributed by atoms with Crippen LogP contribution in [0.5, 0.6) is 17.2 Å². The zero-order valence-corrected chi connectivity index (χ0v) is 12.5. The van der Waals surface area contributed by atoms with Crippen LogP contribution >= 0.6 is 0 Å². The summed E-state index contributed by atoms with van der Waals surface area (Å²) in [5.74, 6) is 0.579. The number of carbonyl (C=O) groups excluding carboxylic acids is 1. The maximum absolute atomic E-state index is 13.5. The number of hydrogen-bond acceptors (Lipinski definition) is 4. The first-order valence-electron chi connectivity index (χ1n) is 7.21. The molecule has 3 rings (SSSR count). The lowest BCUT2D eigenvalue weighted by molar-refractivity contribution is -0.127. The van der Waals surface area contributed by atoms with Crippen molar-refractivity contribution in [3.8, 4) is 17.2 Å². The minimum Gasteiger partial charge on any atom is -0.478 e. The summed E-state index contributed by atoms with van der Waals surface area (Å²) in [6.07, 6.45) is -0.805. The van der Waals surface area contributed by atoms with Gasteiger partial charge in [-0.15, -0.1) is 0 Å². The molecule has 1 N–H and O–H groups in total. The summed E-state index contributed by atoms with van der Waals surface area (Å²) < 4.78 is 29.4. The zero-order valence-electron chi connectivity index (χ0n) is 12.5. The fourth-order valence-electron chi connectivity index (χ4n) is 2.17. The first-order valence-corrected chi connectivity index (χ1v) is 7.21. The fraction of sp³-hybridized carbons (Fsp3) is 0.235. The van der Waals surface area contributed by atoms with Crippen LogP contribution in [-0.4, -0.2) is 18.8 Å². The van der Waals surface area contributed by atoms with Crippen molar-refractivity contribution in [2.75, 3.05) is 6.79 Å². The molecule has 0 bridgehead atoms. The SMILES string of the molecule is C[C@H](Oc1ccccc1F)C(=O)NCc1ccc2c(c1)OCO2. The molecule has 1 heterocycles. The Hall–Kier alpha value is -2.76. The maximum Gasteiger partial charge on any atom is 0.261 e. The highest BCUT2D eigenvalue weighted by Gasteiger charge is 2.17. The number of ether oxygens (including phenoxy) is 3. The first kappa shape index (κ1) is 15.1. The molecule has 0 aliphatic carbocycles. The normalized spacial score (nSPS) is 13.5. The topological polar surface area (TPSA) is 56.8 Å². The van der Waals surface area contributed by atoms with Gasteiger partial charge in [-0.1, -0.05) is 18.2 Å². The first-order chi connectivity index (χ1) is 11.1. The number of halogens is 1. The Morgan fingerprint density at radius 3 is 2.87 bits per heavy atom. The average molecular weight is 317 g/mol. The maximum atomic E-state index is 13.5. The van der Waals surface area contributed by atoms with Crippen LogP contribution in [0, 0.1) is 5.82 Å². The molecule has 6 heteroatoms. The van der Waals surface area contributed by atoms with Gasteiger partial charge in [0.15, 0.2) is 29.2 Å². The minimum absolute atomic E-state index is 0.0539. The molecule has 1 aliphatic heterocycles. The van der Waals surface area contributed by atoms with Crippen LogP contribution < -0.4 is 19.5 Å². The Morgan fingerprint density at radius 1 is 1.26 bits per heavy atom. The van der Waals surface area contributed by atoms with Crippen molar-refractivity contribution in [2.45, 2.75) is 19.6 Å². The third kappa shape index (κ3) is 3.53. The van der Waals surface area contributed by atoms with Crippen LogP contribution in [0.25, 0.3) is 0 Å². The molecule has 2 aromatic carbocycles. The van der Waals surface area contributed by atoms with Gasteiger partial charge in [0, 0.05) is 6.54 Å². The summed E-state index contributed by atoms with van der Waals surface area (Å²) in [6.45, 7) is 2.10. The van der Waals surface area contributed by atoms with Gasteiger partial charge in [0.05, 0.1) is 0 Å². The van der Waals surface area contributed by atoms with E-state index in [2.05, 4.69) is 5.32 Å². The second-order valence-electron chi connectivity index (χ2n) is 5.10. The third-order valence-electron chi connectivity index (χ3n) is 3.41. The monoisotopic (exact) mass is 317 g/mol. The summed E-state index contributed by atoms with van der Waals surface area (Å²) in [5, 5.41) is 2.75. The van der Waals surface area contributed by atoms with Crippen molar-refractivity contribution >= 4 is 5.91 Å². The van der Waals surface area contributed by atoms with Crippen LogP contribution in [0.4, 0.5) is 4.39 Å². The predicted molar refractivity (Wildman–Crippen MR) is 80.9 cm³/mol. The largest absolute Gasteiger partial charge is 0.478 e. The van der Waals surface area contributed by atoms with Gasteiger partial charge in [0.2, 0.25) is 6.79 Å². The summed E-state index contributed by atoms with van der Waals surface area (Å²) in [7, 11) is 0. The Bertz CT molecular complexity index is 719. The second kappa shape index (κ2) is 6.56. The molecule has 120 valence electrons. The lowest BCUT2D eigenvalue weighted by Gasteiger charge is -2.15. The molecule has 23 heavy (non-hydrogen) atoms. The van der Waals surface area contributed by atoms with Crippen LogP contribution in [0.1, 0.15) is 12.5 Å². The molecule has 0 radical (unpaired) electrons. The number of amides is 1. The highest BCUT2D eigenvalue weighted by Crippen LogP contribution is 2.32. The molecular weight excluding hydrogens is 301 g/mol. The Labute approximate surface area is 133 Å². The Kier molecular flexibility index (Phi) is 4.32. The van der Waals surface area contributed by atoms with Gasteiger partial charge < -0.3 is 19.5 Å². The molecule has 1 amide bonds. The van der Waals surface area contributed by atoms with Gasteiger partial charge in [0.25, 0.3) is 5.91 Å². The third-order valence-corrected chi connectivity index (χ3v) is 3.41. The van der Waals surface area contributed by atoms with Crippen LogP contribution in [0.3, 0.4) is 0 Å². The van der Waals surface area contributed by atoms with E-state index in [-0.39, 0.29) is 18.4 Å². The van der Waals surface area contributed by atoms with Gasteiger partial charge in [-0.25, -0.2) is 4.39 Å². The number of hydrogen-bond donors (Lipinski definition) is 1. The number of benzene rings is 2. The van der Waals surface area contributed by atoms with Crippen LogP contribution in [0.15, 0.2) is 42.5 Å². The molecule has 0 unspecified atom stereocenters. The van der Waals surface area contributed by atoms with Gasteiger partial charge >= 0.3 is 0 Å². The lowest BCUT2D eigenvalue weighted by Crippen LogP contribution is -2.36. The van der Waals surface area contributed by atoms with E-state index in [9.17, 15) is 9.18 Å². The van der Waals surface area contributed by atoms with E-state index in [1.165, 1.54) is 12.1 Å². The van der Waals surface area contributed by atoms with Gasteiger partial charge in [-0.3, -0.25) is 4.79 Å². The van der Waals surface area contributed by atoms with Crippen LogP contribution in [-0.2, 0) is 11.3 Å². The molecule has 0 aromatic heterocycles. The molecule has 0 saturated carbocycles. The predicted octanol–water partition coefficient (Wildman–Crippen LogP) is 2.64. The highest BCUT2D eigenvalue weighted by atomic mass is 19.1. The Morgan fingerprint density at radius 2 is 2.04 bits per heavy atom. The highest BCUT2D eigenvalue weighted by molar-refractivity contribution is 5.80. The average Bonchev–Trinajstić information content (AvgIpc) is 3.02. The van der Waals surface area contributed by atoms with E-state index in [4.69, 9.17) is 14.2 Å². The molecule has 2 aromatic rings. The zero-order chi connectivity index (χ0) is 16.2. The quantitative estimate of drug-likeness (QED) is 0.921. The molecule has 1 aliphatic rings. The molecular formula is C17H16FNO4. The Balaban J connectivity index is 1.55. The molecule has 5 nitrogen and oxygen atoms in total. The summed E-state index contributed by atoms with van der Waals surface area (Å²) in [5.41, 5.74) is 0.876. The number of nitrogens with one attached hydrogen (secondary N) is 1. The second-order valence-corrected chi connectivity index (χ2v) is 5.10. The lowest BCUT2D eigenvalue weighted by atomic mass is 10.2. The number of fused-ring (bicyclic) bond motifs is 1. The van der Waals surface area contributed by atoms with Crippen molar-refractivity contribution in [1.82, 2.24) is 5.32 Å². The van der Waals surface area contributed by atoms with E-state index in [1.54, 1.807) is 25.1 Å². The molecule has 0 spiro atoms. The van der Waals surface area contributed by atoms with E-state index in [0.29, 0.717) is 18.0 Å². The minimum atomic E-state index is -0.805. The van der Waals surface area contributed by atoms with Crippen molar-refractivity contribution in [2.24, 2.45) is 0 Å². The van der Waals surface area contributed by atoms with Gasteiger partial charge in [-0.2, -0.15) is 0 Å². The van der Waals surface area contributed by atoms with Crippen LogP contribution in [0.2, 0.25) is 0 Å². The molecule has 0 fully saturated rings. The number of carbonyl (C=O) groups is 1. The van der Waals surface area contributed by atoms with Crippen molar-refractivity contribution in [3.63, 3.8) is 0 Å². The van der Waals surface area contributed by atoms with Crippen molar-refractivity contribution < 1.29 is 23.4 Å². The van der Waals surface area contributed by atoms with Gasteiger partial charge in [0.1, 0.15) is 0 Å². The van der Waals surface area contributed by atoms with Crippen molar-refractivity contribution in [1.29, 1.82) is 0 Å². The van der Waals surface area contributed by atoms with Crippen molar-refractivity contribution in [3.05, 3.63) is 53.8 Å². The van der Waals surface area contributed by atoms with E-state index in [0.717, 1.165) is 5.56 Å².